The van der Waals surface area contributed by atoms with Gasteiger partial charge in [0.15, 0.2) is 0 Å². The molecule has 1 heterocycles. The van der Waals surface area contributed by atoms with Gasteiger partial charge in [-0.3, -0.25) is 0 Å². The number of fused-ring (bicyclic) bond motifs is 1. The third-order valence-electron chi connectivity index (χ3n) is 4.49. The molecule has 1 saturated heterocycles. The van der Waals surface area contributed by atoms with E-state index in [1.54, 1.807) is 0 Å². The number of nitrogens with one attached hydrogen (secondary N) is 1. The lowest BCUT2D eigenvalue weighted by molar-refractivity contribution is 0.261. The Morgan fingerprint density at radius 3 is 2.72 bits per heavy atom. The summed E-state index contributed by atoms with van der Waals surface area (Å²) in [6.07, 6.45) is 6.91. The molecule has 0 spiro atoms. The molecule has 0 bridgehead atoms. The van der Waals surface area contributed by atoms with Crippen LogP contribution in [0.5, 0.6) is 5.75 Å². The van der Waals surface area contributed by atoms with Gasteiger partial charge in [-0.1, -0.05) is 18.6 Å². The highest BCUT2D eigenvalue weighted by atomic mass is 16.5. The highest BCUT2D eigenvalue weighted by Gasteiger charge is 2.33. The predicted octanol–water partition coefficient (Wildman–Crippen LogP) is 3.68. The van der Waals surface area contributed by atoms with Crippen LogP contribution < -0.4 is 10.1 Å². The van der Waals surface area contributed by atoms with E-state index in [1.807, 2.05) is 6.92 Å². The van der Waals surface area contributed by atoms with Crippen molar-refractivity contribution in [3.8, 4) is 5.75 Å². The maximum Gasteiger partial charge on any atom is 0.119 e. The van der Waals surface area contributed by atoms with Gasteiger partial charge in [0.2, 0.25) is 0 Å². The molecule has 18 heavy (non-hydrogen) atoms. The Kier molecular flexibility index (Phi) is 3.55. The summed E-state index contributed by atoms with van der Waals surface area (Å²) in [7, 11) is 0. The second-order valence-corrected chi connectivity index (χ2v) is 5.60. The molecule has 3 rings (SSSR count). The van der Waals surface area contributed by atoms with Crippen LogP contribution in [0.1, 0.15) is 50.6 Å². The molecular formula is C16H23NO. The Morgan fingerprint density at radius 1 is 1.11 bits per heavy atom. The van der Waals surface area contributed by atoms with Gasteiger partial charge in [0.05, 0.1) is 6.61 Å². The fourth-order valence-electron chi connectivity index (χ4n) is 3.55. The Hall–Kier alpha value is -1.02. The molecule has 0 aromatic heterocycles. The summed E-state index contributed by atoms with van der Waals surface area (Å²) < 4.78 is 5.50. The van der Waals surface area contributed by atoms with Crippen LogP contribution in [0.4, 0.5) is 0 Å². The number of piperidine rings is 1. The molecule has 3 unspecified atom stereocenters. The zero-order valence-electron chi connectivity index (χ0n) is 11.2. The Balaban J connectivity index is 1.67. The summed E-state index contributed by atoms with van der Waals surface area (Å²) in [4.78, 5) is 0. The van der Waals surface area contributed by atoms with Gasteiger partial charge in [0.1, 0.15) is 5.75 Å². The van der Waals surface area contributed by atoms with Crippen LogP contribution in [0.25, 0.3) is 0 Å². The monoisotopic (exact) mass is 245 g/mol. The quantitative estimate of drug-likeness (QED) is 0.877. The van der Waals surface area contributed by atoms with Crippen molar-refractivity contribution < 1.29 is 4.74 Å². The Bertz CT molecular complexity index is 387. The first-order valence-corrected chi connectivity index (χ1v) is 7.35. The Morgan fingerprint density at radius 2 is 1.94 bits per heavy atom. The van der Waals surface area contributed by atoms with Gasteiger partial charge < -0.3 is 10.1 Å². The van der Waals surface area contributed by atoms with E-state index >= 15 is 0 Å². The van der Waals surface area contributed by atoms with E-state index in [4.69, 9.17) is 4.74 Å². The number of benzene rings is 1. The van der Waals surface area contributed by atoms with Crippen molar-refractivity contribution in [1.82, 2.24) is 5.32 Å². The van der Waals surface area contributed by atoms with Gasteiger partial charge in [0, 0.05) is 12.1 Å². The van der Waals surface area contributed by atoms with Crippen LogP contribution in [0, 0.1) is 5.92 Å². The lowest BCUT2D eigenvalue weighted by atomic mass is 9.87. The zero-order valence-corrected chi connectivity index (χ0v) is 11.2. The molecule has 3 atom stereocenters. The van der Waals surface area contributed by atoms with Crippen molar-refractivity contribution in [2.45, 2.75) is 51.1 Å². The van der Waals surface area contributed by atoms with Gasteiger partial charge in [-0.25, -0.2) is 0 Å². The molecule has 2 aliphatic rings. The smallest absolute Gasteiger partial charge is 0.119 e. The van der Waals surface area contributed by atoms with E-state index in [9.17, 15) is 0 Å². The summed E-state index contributed by atoms with van der Waals surface area (Å²) in [5.41, 5.74) is 1.42. The Labute approximate surface area is 110 Å². The minimum absolute atomic E-state index is 0.556. The van der Waals surface area contributed by atoms with Crippen molar-refractivity contribution in [3.63, 3.8) is 0 Å². The van der Waals surface area contributed by atoms with E-state index in [0.717, 1.165) is 24.3 Å². The molecule has 1 aliphatic heterocycles. The molecule has 2 heteroatoms. The maximum atomic E-state index is 5.50. The van der Waals surface area contributed by atoms with Gasteiger partial charge in [0.25, 0.3) is 0 Å². The number of rotatable bonds is 3. The lowest BCUT2D eigenvalue weighted by Crippen LogP contribution is -2.40. The molecule has 98 valence electrons. The minimum Gasteiger partial charge on any atom is -0.494 e. The van der Waals surface area contributed by atoms with Crippen molar-refractivity contribution in [3.05, 3.63) is 29.8 Å². The van der Waals surface area contributed by atoms with Crippen LogP contribution in [0.15, 0.2) is 24.3 Å². The van der Waals surface area contributed by atoms with E-state index in [1.165, 1.54) is 37.7 Å². The average molecular weight is 245 g/mol. The number of hydrogen-bond donors (Lipinski definition) is 1. The summed E-state index contributed by atoms with van der Waals surface area (Å²) in [6, 6.07) is 9.97. The summed E-state index contributed by atoms with van der Waals surface area (Å²) in [6.45, 7) is 2.77. The second kappa shape index (κ2) is 5.31. The fourth-order valence-corrected chi connectivity index (χ4v) is 3.55. The molecule has 2 nitrogen and oxygen atoms in total. The first-order chi connectivity index (χ1) is 8.86. The van der Waals surface area contributed by atoms with Crippen LogP contribution in [0.2, 0.25) is 0 Å². The molecule has 1 aromatic rings. The predicted molar refractivity (Wildman–Crippen MR) is 73.9 cm³/mol. The first kappa shape index (κ1) is 12.0. The first-order valence-electron chi connectivity index (χ1n) is 7.35. The molecule has 0 radical (unpaired) electrons. The lowest BCUT2D eigenvalue weighted by Gasteiger charge is -2.34. The van der Waals surface area contributed by atoms with Crippen molar-refractivity contribution in [1.29, 1.82) is 0 Å². The highest BCUT2D eigenvalue weighted by Crippen LogP contribution is 2.38. The van der Waals surface area contributed by atoms with Crippen LogP contribution in [0.3, 0.4) is 0 Å². The summed E-state index contributed by atoms with van der Waals surface area (Å²) in [5.74, 6) is 1.93. The second-order valence-electron chi connectivity index (χ2n) is 5.60. The van der Waals surface area contributed by atoms with E-state index in [0.29, 0.717) is 6.04 Å². The SMILES string of the molecule is CCOc1ccc(C2CCC3CCCC3N2)cc1. The molecule has 1 aliphatic carbocycles. The molecule has 0 amide bonds. The van der Waals surface area contributed by atoms with Gasteiger partial charge >= 0.3 is 0 Å². The van der Waals surface area contributed by atoms with Crippen LogP contribution in [-0.4, -0.2) is 12.6 Å². The van der Waals surface area contributed by atoms with Crippen LogP contribution >= 0.6 is 0 Å². The zero-order chi connectivity index (χ0) is 12.4. The topological polar surface area (TPSA) is 21.3 Å². The van der Waals surface area contributed by atoms with E-state index in [-0.39, 0.29) is 0 Å². The normalized spacial score (nSPS) is 31.1. The molecule has 1 N–H and O–H groups in total. The fraction of sp³-hybridized carbons (Fsp3) is 0.625. The maximum absolute atomic E-state index is 5.50. The van der Waals surface area contributed by atoms with Crippen molar-refractivity contribution in [2.24, 2.45) is 5.92 Å². The largest absolute Gasteiger partial charge is 0.494 e. The molecule has 1 saturated carbocycles. The average Bonchev–Trinajstić information content (AvgIpc) is 2.87. The number of ether oxygens (including phenoxy) is 1. The van der Waals surface area contributed by atoms with Gasteiger partial charge in [-0.05, 0) is 56.2 Å². The van der Waals surface area contributed by atoms with Gasteiger partial charge in [-0.2, -0.15) is 0 Å². The molecule has 1 aromatic carbocycles. The standard InChI is InChI=1S/C16H23NO/c1-2-18-14-9-6-13(7-10-14)16-11-8-12-4-3-5-15(12)17-16/h6-7,9-10,12,15-17H,2-5,8,11H2,1H3. The van der Waals surface area contributed by atoms with E-state index < -0.39 is 0 Å². The summed E-state index contributed by atoms with van der Waals surface area (Å²) in [5, 5.41) is 3.84. The van der Waals surface area contributed by atoms with Crippen molar-refractivity contribution in [2.75, 3.05) is 6.61 Å². The van der Waals surface area contributed by atoms with E-state index in [2.05, 4.69) is 29.6 Å². The van der Waals surface area contributed by atoms with Gasteiger partial charge in [-0.15, -0.1) is 0 Å². The highest BCUT2D eigenvalue weighted by molar-refractivity contribution is 5.29. The molecular weight excluding hydrogens is 222 g/mol. The summed E-state index contributed by atoms with van der Waals surface area (Å²) >= 11 is 0. The third-order valence-corrected chi connectivity index (χ3v) is 4.49. The van der Waals surface area contributed by atoms with Crippen LogP contribution in [-0.2, 0) is 0 Å². The minimum atomic E-state index is 0.556. The molecule has 2 fully saturated rings. The third kappa shape index (κ3) is 2.39. The van der Waals surface area contributed by atoms with Crippen molar-refractivity contribution >= 4 is 0 Å². The number of hydrogen-bond acceptors (Lipinski definition) is 2.